The number of fused-ring (bicyclic) bond motifs is 2. The summed E-state index contributed by atoms with van der Waals surface area (Å²) < 4.78 is 7.10. The maximum Gasteiger partial charge on any atom is 0.252 e. The molecule has 0 aliphatic heterocycles. The molecule has 0 unspecified atom stereocenters. The molecule has 0 fully saturated rings. The Hall–Kier alpha value is -3.35. The van der Waals surface area contributed by atoms with Crippen molar-refractivity contribution in [3.63, 3.8) is 0 Å². The van der Waals surface area contributed by atoms with Crippen LogP contribution in [-0.2, 0) is 6.42 Å². The highest BCUT2D eigenvalue weighted by Gasteiger charge is 2.10. The van der Waals surface area contributed by atoms with Crippen LogP contribution in [0.5, 0.6) is 5.75 Å². The van der Waals surface area contributed by atoms with Crippen LogP contribution in [0.15, 0.2) is 42.7 Å². The zero-order valence-electron chi connectivity index (χ0n) is 14.6. The Morgan fingerprint density at radius 3 is 3.00 bits per heavy atom. The summed E-state index contributed by atoms with van der Waals surface area (Å²) in [7, 11) is 1.65. The molecule has 0 bridgehead atoms. The molecule has 2 N–H and O–H groups in total. The van der Waals surface area contributed by atoms with Crippen molar-refractivity contribution in [1.82, 2.24) is 24.9 Å². The number of nitrogens with one attached hydrogen (secondary N) is 2. The molecule has 7 heteroatoms. The van der Waals surface area contributed by atoms with Crippen molar-refractivity contribution in [3.8, 4) is 5.75 Å². The maximum absolute atomic E-state index is 12.4. The molecule has 3 heterocycles. The SMILES string of the molecule is COc1ccc2[nH]cc(CCNC(=O)c3ccc4nnc(C)n4c3)c2c1. The average molecular weight is 349 g/mol. The molecule has 1 amide bonds. The van der Waals surface area contributed by atoms with Gasteiger partial charge in [-0.05, 0) is 49.2 Å². The summed E-state index contributed by atoms with van der Waals surface area (Å²) in [6.45, 7) is 2.40. The topological polar surface area (TPSA) is 84.3 Å². The molecule has 0 radical (unpaired) electrons. The number of carbonyl (C=O) groups excluding carboxylic acids is 1. The van der Waals surface area contributed by atoms with Gasteiger partial charge in [-0.3, -0.25) is 9.20 Å². The van der Waals surface area contributed by atoms with Crippen molar-refractivity contribution in [2.75, 3.05) is 13.7 Å². The average Bonchev–Trinajstić information content (AvgIpc) is 3.24. The first-order chi connectivity index (χ1) is 12.7. The predicted octanol–water partition coefficient (Wildman–Crippen LogP) is 2.50. The van der Waals surface area contributed by atoms with Crippen LogP contribution in [0.2, 0.25) is 0 Å². The largest absolute Gasteiger partial charge is 0.497 e. The van der Waals surface area contributed by atoms with Gasteiger partial charge in [0.05, 0.1) is 12.7 Å². The van der Waals surface area contributed by atoms with Crippen LogP contribution >= 0.6 is 0 Å². The summed E-state index contributed by atoms with van der Waals surface area (Å²) in [5, 5.41) is 12.1. The van der Waals surface area contributed by atoms with Crippen LogP contribution in [0, 0.1) is 6.92 Å². The first-order valence-electron chi connectivity index (χ1n) is 8.39. The molecule has 0 aliphatic rings. The van der Waals surface area contributed by atoms with Gasteiger partial charge in [-0.2, -0.15) is 0 Å². The van der Waals surface area contributed by atoms with E-state index >= 15 is 0 Å². The minimum atomic E-state index is -0.113. The third-order valence-corrected chi connectivity index (χ3v) is 4.49. The van der Waals surface area contributed by atoms with E-state index in [-0.39, 0.29) is 5.91 Å². The van der Waals surface area contributed by atoms with Gasteiger partial charge in [-0.15, -0.1) is 10.2 Å². The summed E-state index contributed by atoms with van der Waals surface area (Å²) in [4.78, 5) is 15.7. The van der Waals surface area contributed by atoms with Crippen molar-refractivity contribution in [3.05, 3.63) is 59.7 Å². The van der Waals surface area contributed by atoms with E-state index in [1.807, 2.05) is 31.3 Å². The van der Waals surface area contributed by atoms with E-state index in [4.69, 9.17) is 4.74 Å². The van der Waals surface area contributed by atoms with Gasteiger partial charge in [0.15, 0.2) is 5.65 Å². The maximum atomic E-state index is 12.4. The Balaban J connectivity index is 1.45. The van der Waals surface area contributed by atoms with E-state index in [2.05, 4.69) is 20.5 Å². The fraction of sp³-hybridized carbons (Fsp3) is 0.211. The number of rotatable bonds is 5. The number of amides is 1. The lowest BCUT2D eigenvalue weighted by Crippen LogP contribution is -2.25. The first kappa shape index (κ1) is 16.1. The number of aromatic amines is 1. The van der Waals surface area contributed by atoms with Gasteiger partial charge >= 0.3 is 0 Å². The van der Waals surface area contributed by atoms with E-state index in [9.17, 15) is 4.79 Å². The van der Waals surface area contributed by atoms with Gasteiger partial charge in [0, 0.05) is 29.8 Å². The van der Waals surface area contributed by atoms with Crippen molar-refractivity contribution >= 4 is 22.5 Å². The number of pyridine rings is 1. The molecule has 7 nitrogen and oxygen atoms in total. The fourth-order valence-electron chi connectivity index (χ4n) is 3.04. The van der Waals surface area contributed by atoms with E-state index in [0.29, 0.717) is 12.1 Å². The third kappa shape index (κ3) is 2.88. The van der Waals surface area contributed by atoms with Crippen LogP contribution in [-0.4, -0.2) is 39.1 Å². The molecule has 0 atom stereocenters. The molecule has 4 aromatic rings. The Bertz CT molecular complexity index is 1100. The Labute approximate surface area is 150 Å². The number of methoxy groups -OCH3 is 1. The summed E-state index contributed by atoms with van der Waals surface area (Å²) in [5.74, 6) is 1.46. The van der Waals surface area contributed by atoms with Crippen molar-refractivity contribution < 1.29 is 9.53 Å². The lowest BCUT2D eigenvalue weighted by molar-refractivity contribution is 0.0953. The molecule has 1 aromatic carbocycles. The van der Waals surface area contributed by atoms with Crippen LogP contribution in [0.1, 0.15) is 21.7 Å². The molecular weight excluding hydrogens is 330 g/mol. The summed E-state index contributed by atoms with van der Waals surface area (Å²) in [6, 6.07) is 9.47. The highest BCUT2D eigenvalue weighted by Crippen LogP contribution is 2.23. The zero-order valence-corrected chi connectivity index (χ0v) is 14.6. The Kier molecular flexibility index (Phi) is 4.04. The normalized spacial score (nSPS) is 11.2. The number of aryl methyl sites for hydroxylation is 1. The van der Waals surface area contributed by atoms with E-state index in [1.54, 1.807) is 29.8 Å². The molecule has 0 aliphatic carbocycles. The molecule has 0 saturated carbocycles. The second-order valence-electron chi connectivity index (χ2n) is 6.12. The van der Waals surface area contributed by atoms with Gasteiger partial charge in [0.2, 0.25) is 0 Å². The number of benzene rings is 1. The number of aromatic nitrogens is 4. The number of H-pyrrole nitrogens is 1. The van der Waals surface area contributed by atoms with Crippen molar-refractivity contribution in [2.45, 2.75) is 13.3 Å². The number of carbonyl (C=O) groups is 1. The number of ether oxygens (including phenoxy) is 1. The number of hydrogen-bond acceptors (Lipinski definition) is 4. The molecular formula is C19H19N5O2. The third-order valence-electron chi connectivity index (χ3n) is 4.49. The first-order valence-corrected chi connectivity index (χ1v) is 8.39. The smallest absolute Gasteiger partial charge is 0.252 e. The zero-order chi connectivity index (χ0) is 18.1. The van der Waals surface area contributed by atoms with Gasteiger partial charge in [-0.1, -0.05) is 0 Å². The number of nitrogens with zero attached hydrogens (tertiary/aromatic N) is 3. The lowest BCUT2D eigenvalue weighted by atomic mass is 10.1. The molecule has 132 valence electrons. The van der Waals surface area contributed by atoms with Gasteiger partial charge in [0.1, 0.15) is 11.6 Å². The van der Waals surface area contributed by atoms with E-state index in [0.717, 1.165) is 40.1 Å². The minimum Gasteiger partial charge on any atom is -0.497 e. The second kappa shape index (κ2) is 6.51. The lowest BCUT2D eigenvalue weighted by Gasteiger charge is -2.06. The second-order valence-corrected chi connectivity index (χ2v) is 6.12. The summed E-state index contributed by atoms with van der Waals surface area (Å²) in [5.41, 5.74) is 3.51. The summed E-state index contributed by atoms with van der Waals surface area (Å²) in [6.07, 6.45) is 4.46. The quantitative estimate of drug-likeness (QED) is 0.580. The van der Waals surface area contributed by atoms with Crippen LogP contribution in [0.4, 0.5) is 0 Å². The van der Waals surface area contributed by atoms with Gasteiger partial charge in [0.25, 0.3) is 5.91 Å². The van der Waals surface area contributed by atoms with E-state index in [1.165, 1.54) is 0 Å². The number of hydrogen-bond donors (Lipinski definition) is 2. The predicted molar refractivity (Wildman–Crippen MR) is 98.6 cm³/mol. The molecule has 4 rings (SSSR count). The Morgan fingerprint density at radius 1 is 1.27 bits per heavy atom. The molecule has 26 heavy (non-hydrogen) atoms. The standard InChI is InChI=1S/C19H19N5O2/c1-12-22-23-18-6-3-14(11-24(12)18)19(25)20-8-7-13-10-21-17-5-4-15(26-2)9-16(13)17/h3-6,9-11,21H,7-8H2,1-2H3,(H,20,25). The van der Waals surface area contributed by atoms with Crippen LogP contribution in [0.25, 0.3) is 16.6 Å². The highest BCUT2D eigenvalue weighted by molar-refractivity contribution is 5.94. The molecule has 0 saturated heterocycles. The monoisotopic (exact) mass is 349 g/mol. The van der Waals surface area contributed by atoms with Gasteiger partial charge in [-0.25, -0.2) is 0 Å². The van der Waals surface area contributed by atoms with E-state index < -0.39 is 0 Å². The molecule has 3 aromatic heterocycles. The highest BCUT2D eigenvalue weighted by atomic mass is 16.5. The molecule has 0 spiro atoms. The van der Waals surface area contributed by atoms with Crippen molar-refractivity contribution in [2.24, 2.45) is 0 Å². The minimum absolute atomic E-state index is 0.113. The Morgan fingerprint density at radius 2 is 2.15 bits per heavy atom. The summed E-state index contributed by atoms with van der Waals surface area (Å²) >= 11 is 0. The van der Waals surface area contributed by atoms with Gasteiger partial charge < -0.3 is 15.0 Å². The van der Waals surface area contributed by atoms with Crippen molar-refractivity contribution in [1.29, 1.82) is 0 Å². The fourth-order valence-corrected chi connectivity index (χ4v) is 3.04. The van der Waals surface area contributed by atoms with Crippen LogP contribution in [0.3, 0.4) is 0 Å². The van der Waals surface area contributed by atoms with Crippen LogP contribution < -0.4 is 10.1 Å².